The van der Waals surface area contributed by atoms with Gasteiger partial charge in [0, 0.05) is 36.5 Å². The molecule has 2 heterocycles. The summed E-state index contributed by atoms with van der Waals surface area (Å²) in [4.78, 5) is 14.2. The van der Waals surface area contributed by atoms with E-state index in [-0.39, 0.29) is 17.8 Å². The second-order valence-corrected chi connectivity index (χ2v) is 9.26. The second kappa shape index (κ2) is 6.90. The van der Waals surface area contributed by atoms with E-state index in [1.165, 1.54) is 0 Å². The minimum atomic E-state index is -3.09. The van der Waals surface area contributed by atoms with Gasteiger partial charge in [-0.05, 0) is 37.5 Å². The first-order valence-corrected chi connectivity index (χ1v) is 9.96. The van der Waals surface area contributed by atoms with Crippen LogP contribution in [0.25, 0.3) is 0 Å². The van der Waals surface area contributed by atoms with Crippen molar-refractivity contribution in [3.8, 4) is 0 Å². The maximum absolute atomic E-state index is 12.6. The molecule has 0 saturated carbocycles. The minimum Gasteiger partial charge on any atom is -0.380 e. The number of carbonyl (C=O) groups excluding carboxylic acids is 1. The zero-order valence-electron chi connectivity index (χ0n) is 13.5. The SMILES string of the molecule is COCc1cc(Cl)ccc1NC(=O)N1CCC2CCC(C1)S2(=O)=O. The number of ether oxygens (including phenoxy) is 1. The van der Waals surface area contributed by atoms with Gasteiger partial charge in [-0.15, -0.1) is 0 Å². The van der Waals surface area contributed by atoms with Gasteiger partial charge in [-0.2, -0.15) is 0 Å². The van der Waals surface area contributed by atoms with Gasteiger partial charge in [-0.1, -0.05) is 11.6 Å². The van der Waals surface area contributed by atoms with Crippen LogP contribution in [0, 0.1) is 0 Å². The number of sulfone groups is 1. The van der Waals surface area contributed by atoms with E-state index in [4.69, 9.17) is 16.3 Å². The Morgan fingerprint density at radius 2 is 2.08 bits per heavy atom. The molecule has 6 nitrogen and oxygen atoms in total. The van der Waals surface area contributed by atoms with Gasteiger partial charge in [0.1, 0.15) is 0 Å². The molecule has 8 heteroatoms. The Kier molecular flexibility index (Phi) is 5.03. The van der Waals surface area contributed by atoms with Crippen molar-refractivity contribution in [1.82, 2.24) is 4.90 Å². The van der Waals surface area contributed by atoms with Crippen LogP contribution in [-0.4, -0.2) is 50.0 Å². The number of nitrogens with one attached hydrogen (secondary N) is 1. The summed E-state index contributed by atoms with van der Waals surface area (Å²) in [5, 5.41) is 2.71. The van der Waals surface area contributed by atoms with Crippen LogP contribution in [0.1, 0.15) is 24.8 Å². The van der Waals surface area contributed by atoms with Crippen LogP contribution in [0.3, 0.4) is 0 Å². The van der Waals surface area contributed by atoms with Gasteiger partial charge in [-0.3, -0.25) is 0 Å². The van der Waals surface area contributed by atoms with Crippen molar-refractivity contribution in [2.75, 3.05) is 25.5 Å². The van der Waals surface area contributed by atoms with Gasteiger partial charge in [-0.25, -0.2) is 13.2 Å². The number of hydrogen-bond donors (Lipinski definition) is 1. The summed E-state index contributed by atoms with van der Waals surface area (Å²) in [6.45, 7) is 1.05. The summed E-state index contributed by atoms with van der Waals surface area (Å²) in [5.74, 6) is 0. The average molecular weight is 373 g/mol. The highest BCUT2D eigenvalue weighted by molar-refractivity contribution is 7.93. The molecule has 1 aromatic carbocycles. The molecule has 2 atom stereocenters. The van der Waals surface area contributed by atoms with Crippen molar-refractivity contribution in [2.45, 2.75) is 36.4 Å². The maximum Gasteiger partial charge on any atom is 0.321 e. The van der Waals surface area contributed by atoms with E-state index < -0.39 is 15.1 Å². The van der Waals surface area contributed by atoms with Gasteiger partial charge < -0.3 is 15.0 Å². The van der Waals surface area contributed by atoms with Crippen molar-refractivity contribution in [1.29, 1.82) is 0 Å². The molecule has 2 fully saturated rings. The topological polar surface area (TPSA) is 75.7 Å². The standard InChI is InChI=1S/C16H21ClN2O4S/c1-23-10-11-8-12(17)2-5-15(11)18-16(20)19-7-6-13-3-4-14(9-19)24(13,21)22/h2,5,8,13-14H,3-4,6-7,9-10H2,1H3,(H,18,20). The molecule has 2 bridgehead atoms. The van der Waals surface area contributed by atoms with Crippen molar-refractivity contribution in [3.63, 3.8) is 0 Å². The molecule has 2 amide bonds. The number of hydrogen-bond acceptors (Lipinski definition) is 4. The largest absolute Gasteiger partial charge is 0.380 e. The molecule has 0 aliphatic carbocycles. The third-order valence-corrected chi connectivity index (χ3v) is 7.73. The molecule has 132 valence electrons. The van der Waals surface area contributed by atoms with Crippen LogP contribution in [0.5, 0.6) is 0 Å². The van der Waals surface area contributed by atoms with Crippen LogP contribution >= 0.6 is 11.6 Å². The third kappa shape index (κ3) is 3.38. The molecule has 2 aliphatic rings. The Morgan fingerprint density at radius 1 is 1.33 bits per heavy atom. The molecule has 2 unspecified atom stereocenters. The number of methoxy groups -OCH3 is 1. The molecule has 3 rings (SSSR count). The summed E-state index contributed by atoms with van der Waals surface area (Å²) >= 11 is 5.99. The van der Waals surface area contributed by atoms with Crippen molar-refractivity contribution >= 4 is 33.2 Å². The summed E-state index contributed by atoms with van der Waals surface area (Å²) in [6, 6.07) is 4.90. The fourth-order valence-corrected chi connectivity index (χ4v) is 5.94. The Bertz CT molecular complexity index is 738. The molecule has 0 spiro atoms. The van der Waals surface area contributed by atoms with E-state index in [2.05, 4.69) is 5.32 Å². The van der Waals surface area contributed by atoms with Crippen molar-refractivity contribution in [3.05, 3.63) is 28.8 Å². The number of nitrogens with zero attached hydrogens (tertiary/aromatic N) is 1. The van der Waals surface area contributed by atoms with Gasteiger partial charge in [0.15, 0.2) is 9.84 Å². The molecule has 1 N–H and O–H groups in total. The normalized spacial score (nSPS) is 25.3. The van der Waals surface area contributed by atoms with E-state index in [0.717, 1.165) is 12.0 Å². The Labute approximate surface area is 147 Å². The molecule has 2 saturated heterocycles. The highest BCUT2D eigenvalue weighted by atomic mass is 35.5. The highest BCUT2D eigenvalue weighted by Crippen LogP contribution is 2.33. The monoisotopic (exact) mass is 372 g/mol. The fraction of sp³-hybridized carbons (Fsp3) is 0.562. The Hall–Kier alpha value is -1.31. The molecular formula is C16H21ClN2O4S. The minimum absolute atomic E-state index is 0.262. The predicted octanol–water partition coefficient (Wildman–Crippen LogP) is 2.67. The molecule has 24 heavy (non-hydrogen) atoms. The second-order valence-electron chi connectivity index (χ2n) is 6.31. The summed E-state index contributed by atoms with van der Waals surface area (Å²) in [5.41, 5.74) is 1.41. The summed E-state index contributed by atoms with van der Waals surface area (Å²) < 4.78 is 29.8. The zero-order valence-corrected chi connectivity index (χ0v) is 15.1. The number of likely N-dealkylation sites (tertiary alicyclic amines) is 1. The Morgan fingerprint density at radius 3 is 2.83 bits per heavy atom. The van der Waals surface area contributed by atoms with Crippen LogP contribution in [-0.2, 0) is 21.2 Å². The van der Waals surface area contributed by atoms with Crippen LogP contribution in [0.4, 0.5) is 10.5 Å². The van der Waals surface area contributed by atoms with Gasteiger partial charge >= 0.3 is 6.03 Å². The van der Waals surface area contributed by atoms with Gasteiger partial charge in [0.25, 0.3) is 0 Å². The molecular weight excluding hydrogens is 352 g/mol. The number of anilines is 1. The lowest BCUT2D eigenvalue weighted by Gasteiger charge is -2.24. The molecule has 0 aromatic heterocycles. The number of halogens is 1. The van der Waals surface area contributed by atoms with E-state index in [1.54, 1.807) is 30.2 Å². The zero-order chi connectivity index (χ0) is 17.3. The molecule has 0 radical (unpaired) electrons. The lowest BCUT2D eigenvalue weighted by molar-refractivity contribution is 0.185. The smallest absolute Gasteiger partial charge is 0.321 e. The predicted molar refractivity (Wildman–Crippen MR) is 93.1 cm³/mol. The number of amides is 2. The highest BCUT2D eigenvalue weighted by Gasteiger charge is 2.44. The lowest BCUT2D eigenvalue weighted by atomic mass is 10.1. The average Bonchev–Trinajstić information content (AvgIpc) is 2.70. The first kappa shape index (κ1) is 17.5. The van der Waals surface area contributed by atoms with E-state index in [9.17, 15) is 13.2 Å². The maximum atomic E-state index is 12.6. The number of carbonyl (C=O) groups is 1. The van der Waals surface area contributed by atoms with Crippen molar-refractivity contribution in [2.24, 2.45) is 0 Å². The summed E-state index contributed by atoms with van der Waals surface area (Å²) in [7, 11) is -1.51. The summed E-state index contributed by atoms with van der Waals surface area (Å²) in [6.07, 6.45) is 1.88. The number of rotatable bonds is 3. The lowest BCUT2D eigenvalue weighted by Crippen LogP contribution is -2.40. The number of fused-ring (bicyclic) bond motifs is 2. The Balaban J connectivity index is 1.74. The van der Waals surface area contributed by atoms with Crippen molar-refractivity contribution < 1.29 is 17.9 Å². The first-order chi connectivity index (χ1) is 11.4. The molecule has 1 aromatic rings. The first-order valence-electron chi connectivity index (χ1n) is 7.98. The van der Waals surface area contributed by atoms with Gasteiger partial charge in [0.05, 0.1) is 17.1 Å². The van der Waals surface area contributed by atoms with E-state index in [0.29, 0.717) is 36.7 Å². The number of urea groups is 1. The van der Waals surface area contributed by atoms with Gasteiger partial charge in [0.2, 0.25) is 0 Å². The number of benzene rings is 1. The van der Waals surface area contributed by atoms with E-state index >= 15 is 0 Å². The quantitative estimate of drug-likeness (QED) is 0.885. The van der Waals surface area contributed by atoms with Crippen LogP contribution in [0.2, 0.25) is 5.02 Å². The molecule has 2 aliphatic heterocycles. The van der Waals surface area contributed by atoms with Crippen LogP contribution in [0.15, 0.2) is 18.2 Å². The third-order valence-electron chi connectivity index (χ3n) is 4.78. The van der Waals surface area contributed by atoms with E-state index in [1.807, 2.05) is 0 Å². The fourth-order valence-electron chi connectivity index (χ4n) is 3.45. The van der Waals surface area contributed by atoms with Crippen LogP contribution < -0.4 is 5.32 Å².